The Kier molecular flexibility index (Phi) is 8.09. The molecule has 0 radical (unpaired) electrons. The van der Waals surface area contributed by atoms with Gasteiger partial charge >= 0.3 is 5.97 Å². The summed E-state index contributed by atoms with van der Waals surface area (Å²) in [5, 5.41) is 3.41. The highest BCUT2D eigenvalue weighted by Crippen LogP contribution is 2.28. The molecule has 0 aromatic heterocycles. The van der Waals surface area contributed by atoms with Gasteiger partial charge in [-0.2, -0.15) is 0 Å². The van der Waals surface area contributed by atoms with E-state index in [4.69, 9.17) is 4.74 Å². The molecular weight excluding hydrogens is 446 g/mol. The first-order valence-corrected chi connectivity index (χ1v) is 11.5. The Balaban J connectivity index is 1.70. The largest absolute Gasteiger partial charge is 0.465 e. The number of carbonyl (C=O) groups is 2. The summed E-state index contributed by atoms with van der Waals surface area (Å²) < 4.78 is 4.74. The van der Waals surface area contributed by atoms with E-state index in [9.17, 15) is 9.59 Å². The third-order valence-electron chi connectivity index (χ3n) is 5.53. The van der Waals surface area contributed by atoms with E-state index in [0.29, 0.717) is 28.9 Å². The number of rotatable bonds is 7. The highest BCUT2D eigenvalue weighted by Gasteiger charge is 2.20. The molecule has 4 nitrogen and oxygen atoms in total. The van der Waals surface area contributed by atoms with Crippen molar-refractivity contribution in [3.05, 3.63) is 143 Å². The number of benzene rings is 4. The lowest BCUT2D eigenvalue weighted by Gasteiger charge is -2.17. The van der Waals surface area contributed by atoms with Gasteiger partial charge in [-0.15, -0.1) is 0 Å². The van der Waals surface area contributed by atoms with E-state index in [1.54, 1.807) is 24.3 Å². The molecule has 4 rings (SSSR count). The predicted octanol–water partition coefficient (Wildman–Crippen LogP) is 5.87. The Bertz CT molecular complexity index is 1410. The summed E-state index contributed by atoms with van der Waals surface area (Å²) in [7, 11) is 1.35. The fourth-order valence-electron chi connectivity index (χ4n) is 3.75. The van der Waals surface area contributed by atoms with Crippen molar-refractivity contribution in [3.8, 4) is 11.8 Å². The lowest BCUT2D eigenvalue weighted by Crippen LogP contribution is -2.18. The number of esters is 1. The fourth-order valence-corrected chi connectivity index (χ4v) is 3.75. The van der Waals surface area contributed by atoms with Crippen LogP contribution in [0.5, 0.6) is 0 Å². The molecule has 0 atom stereocenters. The highest BCUT2D eigenvalue weighted by atomic mass is 16.5. The molecule has 4 heteroatoms. The zero-order valence-corrected chi connectivity index (χ0v) is 19.9. The average Bonchev–Trinajstić information content (AvgIpc) is 2.95. The SMILES string of the molecule is COC(=O)c1ccc(C#CCN/C(=C(\C(=O)c2ccccc2)c2ccccc2)c2ccccc2)cc1. The first-order chi connectivity index (χ1) is 17.7. The lowest BCUT2D eigenvalue weighted by molar-refractivity contribution is 0.0600. The van der Waals surface area contributed by atoms with Gasteiger partial charge in [0.1, 0.15) is 0 Å². The topological polar surface area (TPSA) is 55.4 Å². The molecule has 0 heterocycles. The fraction of sp³-hybridized carbons (Fsp3) is 0.0625. The molecule has 0 saturated heterocycles. The van der Waals surface area contributed by atoms with Gasteiger partial charge in [0, 0.05) is 11.1 Å². The Labute approximate surface area is 211 Å². The maximum atomic E-state index is 13.8. The summed E-state index contributed by atoms with van der Waals surface area (Å²) in [5.74, 6) is 5.78. The Hall–Kier alpha value is -4.88. The van der Waals surface area contributed by atoms with E-state index in [0.717, 1.165) is 16.7 Å². The van der Waals surface area contributed by atoms with Crippen LogP contribution in [0.2, 0.25) is 0 Å². The maximum absolute atomic E-state index is 13.8. The molecule has 0 bridgehead atoms. The van der Waals surface area contributed by atoms with Gasteiger partial charge in [-0.25, -0.2) is 4.79 Å². The van der Waals surface area contributed by atoms with Gasteiger partial charge in [-0.05, 0) is 35.4 Å². The summed E-state index contributed by atoms with van der Waals surface area (Å²) in [5.41, 5.74) is 4.88. The second-order valence-corrected chi connectivity index (χ2v) is 7.90. The number of nitrogens with one attached hydrogen (secondary N) is 1. The number of carbonyl (C=O) groups excluding carboxylic acids is 2. The van der Waals surface area contributed by atoms with Crippen LogP contribution in [0.15, 0.2) is 115 Å². The minimum absolute atomic E-state index is 0.0699. The molecule has 176 valence electrons. The van der Waals surface area contributed by atoms with Gasteiger partial charge in [-0.3, -0.25) is 4.79 Å². The Morgan fingerprint density at radius 3 is 1.75 bits per heavy atom. The summed E-state index contributed by atoms with van der Waals surface area (Å²) in [6.45, 7) is 0.321. The van der Waals surface area contributed by atoms with Crippen LogP contribution >= 0.6 is 0 Å². The molecular formula is C32H25NO3. The van der Waals surface area contributed by atoms with Crippen LogP contribution in [0.1, 0.15) is 37.4 Å². The van der Waals surface area contributed by atoms with Crippen molar-refractivity contribution in [1.82, 2.24) is 5.32 Å². The van der Waals surface area contributed by atoms with E-state index >= 15 is 0 Å². The van der Waals surface area contributed by atoms with Gasteiger partial charge in [0.05, 0.1) is 30.5 Å². The van der Waals surface area contributed by atoms with E-state index in [2.05, 4.69) is 17.2 Å². The number of ketones is 1. The zero-order chi connectivity index (χ0) is 25.2. The molecule has 1 N–H and O–H groups in total. The zero-order valence-electron chi connectivity index (χ0n) is 19.9. The molecule has 0 aliphatic rings. The van der Waals surface area contributed by atoms with Crippen molar-refractivity contribution in [2.45, 2.75) is 0 Å². The third-order valence-corrected chi connectivity index (χ3v) is 5.53. The molecule has 0 aliphatic carbocycles. The predicted molar refractivity (Wildman–Crippen MR) is 143 cm³/mol. The van der Waals surface area contributed by atoms with E-state index < -0.39 is 0 Å². The van der Waals surface area contributed by atoms with E-state index in [1.165, 1.54) is 7.11 Å². The van der Waals surface area contributed by atoms with Gasteiger partial charge in [0.25, 0.3) is 0 Å². The van der Waals surface area contributed by atoms with Gasteiger partial charge in [0.15, 0.2) is 5.78 Å². The first-order valence-electron chi connectivity index (χ1n) is 11.5. The highest BCUT2D eigenvalue weighted by molar-refractivity contribution is 6.34. The van der Waals surface area contributed by atoms with Crippen LogP contribution in [0, 0.1) is 11.8 Å². The molecule has 0 amide bonds. The Morgan fingerprint density at radius 1 is 0.667 bits per heavy atom. The van der Waals surface area contributed by atoms with Crippen molar-refractivity contribution < 1.29 is 14.3 Å². The summed E-state index contributed by atoms with van der Waals surface area (Å²) in [6, 6.07) is 35.6. The summed E-state index contributed by atoms with van der Waals surface area (Å²) >= 11 is 0. The van der Waals surface area contributed by atoms with Crippen LogP contribution in [0.3, 0.4) is 0 Å². The van der Waals surface area contributed by atoms with Crippen molar-refractivity contribution >= 4 is 23.0 Å². The summed E-state index contributed by atoms with van der Waals surface area (Å²) in [4.78, 5) is 25.4. The van der Waals surface area contributed by atoms with Crippen LogP contribution in [-0.2, 0) is 4.74 Å². The van der Waals surface area contributed by atoms with E-state index in [1.807, 2.05) is 91.0 Å². The van der Waals surface area contributed by atoms with Gasteiger partial charge < -0.3 is 10.1 Å². The van der Waals surface area contributed by atoms with Crippen LogP contribution in [0.4, 0.5) is 0 Å². The second kappa shape index (κ2) is 12.0. The monoisotopic (exact) mass is 471 g/mol. The molecule has 4 aromatic rings. The number of hydrogen-bond donors (Lipinski definition) is 1. The van der Waals surface area contributed by atoms with Crippen LogP contribution < -0.4 is 5.32 Å². The van der Waals surface area contributed by atoms with Crippen molar-refractivity contribution in [2.24, 2.45) is 0 Å². The van der Waals surface area contributed by atoms with Crippen LogP contribution in [-0.4, -0.2) is 25.4 Å². The average molecular weight is 472 g/mol. The minimum atomic E-state index is -0.384. The molecule has 4 aromatic carbocycles. The van der Waals surface area contributed by atoms with Gasteiger partial charge in [-0.1, -0.05) is 103 Å². The number of methoxy groups -OCH3 is 1. The number of allylic oxidation sites excluding steroid dienone is 1. The van der Waals surface area contributed by atoms with Crippen molar-refractivity contribution in [2.75, 3.05) is 13.7 Å². The molecule has 0 saturated carbocycles. The molecule has 0 aliphatic heterocycles. The number of Topliss-reactive ketones (excluding diaryl/α,β-unsaturated/α-hetero) is 1. The molecule has 36 heavy (non-hydrogen) atoms. The Morgan fingerprint density at radius 2 is 1.19 bits per heavy atom. The third kappa shape index (κ3) is 5.97. The lowest BCUT2D eigenvalue weighted by atomic mass is 9.92. The standard InChI is InChI=1S/C32H25NO3/c1-36-32(35)28-21-19-24(20-22-28)12-11-23-33-30(26-15-7-3-8-16-26)29(25-13-5-2-6-14-25)31(34)27-17-9-4-10-18-27/h2-10,13-22,33H,23H2,1H3/b30-29-. The van der Waals surface area contributed by atoms with Crippen molar-refractivity contribution in [3.63, 3.8) is 0 Å². The molecule has 0 spiro atoms. The number of ether oxygens (including phenoxy) is 1. The minimum Gasteiger partial charge on any atom is -0.465 e. The second-order valence-electron chi connectivity index (χ2n) is 7.90. The van der Waals surface area contributed by atoms with Crippen LogP contribution in [0.25, 0.3) is 11.3 Å². The normalized spacial score (nSPS) is 10.9. The quantitative estimate of drug-likeness (QED) is 0.121. The van der Waals surface area contributed by atoms with Gasteiger partial charge in [0.2, 0.25) is 0 Å². The molecule has 0 fully saturated rings. The van der Waals surface area contributed by atoms with Crippen molar-refractivity contribution in [1.29, 1.82) is 0 Å². The summed E-state index contributed by atoms with van der Waals surface area (Å²) in [6.07, 6.45) is 0. The first kappa shape index (κ1) is 24.3. The number of hydrogen-bond acceptors (Lipinski definition) is 4. The van der Waals surface area contributed by atoms with E-state index in [-0.39, 0.29) is 11.8 Å². The molecule has 0 unspecified atom stereocenters. The maximum Gasteiger partial charge on any atom is 0.337 e. The smallest absolute Gasteiger partial charge is 0.337 e.